The fourth-order valence-corrected chi connectivity index (χ4v) is 3.30. The fraction of sp³-hybridized carbons (Fsp3) is 0.0455. The van der Waals surface area contributed by atoms with Crippen molar-refractivity contribution in [3.05, 3.63) is 94.7 Å². The number of benzene rings is 3. The van der Waals surface area contributed by atoms with Crippen molar-refractivity contribution in [2.45, 2.75) is 6.92 Å². The van der Waals surface area contributed by atoms with E-state index in [1.54, 1.807) is 4.68 Å². The maximum atomic E-state index is 12.8. The Bertz CT molecular complexity index is 1140. The second-order valence-electron chi connectivity index (χ2n) is 6.29. The number of aryl methyl sites for hydroxylation is 1. The molecule has 0 unspecified atom stereocenters. The smallest absolute Gasteiger partial charge is 0.295 e. The predicted octanol–water partition coefficient (Wildman–Crippen LogP) is 5.26. The van der Waals surface area contributed by atoms with Gasteiger partial charge in [0.25, 0.3) is 5.91 Å². The summed E-state index contributed by atoms with van der Waals surface area (Å²) in [5.74, 6) is 0.374. The average molecular weight is 433 g/mol. The Kier molecular flexibility index (Phi) is 5.04. The van der Waals surface area contributed by atoms with E-state index in [1.165, 1.54) is 0 Å². The van der Waals surface area contributed by atoms with Gasteiger partial charge in [-0.2, -0.15) is 0 Å². The van der Waals surface area contributed by atoms with Crippen LogP contribution in [0.25, 0.3) is 17.1 Å². The van der Waals surface area contributed by atoms with Crippen LogP contribution in [0.2, 0.25) is 0 Å². The number of carbonyl (C=O) groups excluding carboxylic acids is 1. The molecule has 138 valence electrons. The van der Waals surface area contributed by atoms with Gasteiger partial charge in [-0.05, 0) is 36.8 Å². The van der Waals surface area contributed by atoms with Crippen LogP contribution in [0.5, 0.6) is 0 Å². The summed E-state index contributed by atoms with van der Waals surface area (Å²) < 4.78 is 2.61. The Morgan fingerprint density at radius 3 is 2.46 bits per heavy atom. The number of para-hydroxylation sites is 1. The van der Waals surface area contributed by atoms with Gasteiger partial charge in [0.05, 0.1) is 5.69 Å². The number of hydrogen-bond donors (Lipinski definition) is 1. The standard InChI is InChI=1S/C22H17BrN4O/c1-15-8-5-6-13-19(15)27-21(16-9-3-2-4-10-16)25-20(26-27)22(28)24-18-12-7-11-17(23)14-18/h2-14H,1H3,(H,24,28). The molecule has 1 heterocycles. The highest BCUT2D eigenvalue weighted by atomic mass is 79.9. The molecule has 1 aromatic heterocycles. The van der Waals surface area contributed by atoms with E-state index in [4.69, 9.17) is 0 Å². The van der Waals surface area contributed by atoms with Gasteiger partial charge in [-0.15, -0.1) is 5.10 Å². The first-order valence-corrected chi connectivity index (χ1v) is 9.56. The molecule has 0 atom stereocenters. The Morgan fingerprint density at radius 2 is 1.71 bits per heavy atom. The molecule has 5 nitrogen and oxygen atoms in total. The number of aromatic nitrogens is 3. The van der Waals surface area contributed by atoms with Gasteiger partial charge in [-0.25, -0.2) is 9.67 Å². The minimum Gasteiger partial charge on any atom is -0.319 e. The highest BCUT2D eigenvalue weighted by Crippen LogP contribution is 2.23. The summed E-state index contributed by atoms with van der Waals surface area (Å²) in [7, 11) is 0. The first kappa shape index (κ1) is 18.1. The molecule has 0 spiro atoms. The number of rotatable bonds is 4. The van der Waals surface area contributed by atoms with E-state index in [0.29, 0.717) is 11.5 Å². The van der Waals surface area contributed by atoms with E-state index in [0.717, 1.165) is 21.3 Å². The molecule has 0 aliphatic heterocycles. The van der Waals surface area contributed by atoms with Crippen molar-refractivity contribution in [1.29, 1.82) is 0 Å². The normalized spacial score (nSPS) is 10.6. The van der Waals surface area contributed by atoms with Crippen LogP contribution >= 0.6 is 15.9 Å². The second-order valence-corrected chi connectivity index (χ2v) is 7.20. The SMILES string of the molecule is Cc1ccccc1-n1nc(C(=O)Nc2cccc(Br)c2)nc1-c1ccccc1. The van der Waals surface area contributed by atoms with Crippen LogP contribution in [0.4, 0.5) is 5.69 Å². The van der Waals surface area contributed by atoms with Gasteiger partial charge in [0.15, 0.2) is 5.82 Å². The van der Waals surface area contributed by atoms with Crippen LogP contribution in [0, 0.1) is 6.92 Å². The molecule has 0 bridgehead atoms. The molecule has 0 aliphatic carbocycles. The molecule has 4 aromatic rings. The molecule has 1 N–H and O–H groups in total. The van der Waals surface area contributed by atoms with E-state index in [-0.39, 0.29) is 11.7 Å². The van der Waals surface area contributed by atoms with Gasteiger partial charge in [-0.3, -0.25) is 4.79 Å². The second kappa shape index (κ2) is 7.78. The number of anilines is 1. The molecule has 1 amide bonds. The quantitative estimate of drug-likeness (QED) is 0.478. The maximum absolute atomic E-state index is 12.8. The van der Waals surface area contributed by atoms with Gasteiger partial charge in [0.2, 0.25) is 5.82 Å². The summed E-state index contributed by atoms with van der Waals surface area (Å²) in [4.78, 5) is 17.3. The van der Waals surface area contributed by atoms with Crippen molar-refractivity contribution >= 4 is 27.5 Å². The summed E-state index contributed by atoms with van der Waals surface area (Å²) in [5, 5.41) is 7.37. The van der Waals surface area contributed by atoms with Crippen LogP contribution < -0.4 is 5.32 Å². The molecule has 0 saturated heterocycles. The van der Waals surface area contributed by atoms with Crippen molar-refractivity contribution in [2.24, 2.45) is 0 Å². The molecule has 6 heteroatoms. The first-order valence-electron chi connectivity index (χ1n) is 8.77. The third kappa shape index (κ3) is 3.73. The number of nitrogens with one attached hydrogen (secondary N) is 1. The lowest BCUT2D eigenvalue weighted by Crippen LogP contribution is -2.14. The minimum atomic E-state index is -0.359. The minimum absolute atomic E-state index is 0.113. The average Bonchev–Trinajstić information content (AvgIpc) is 3.14. The van der Waals surface area contributed by atoms with Gasteiger partial charge in [-0.1, -0.05) is 70.5 Å². The van der Waals surface area contributed by atoms with Crippen molar-refractivity contribution < 1.29 is 4.79 Å². The summed E-state index contributed by atoms with van der Waals surface area (Å²) >= 11 is 3.41. The van der Waals surface area contributed by atoms with Crippen LogP contribution in [0.1, 0.15) is 16.2 Å². The van der Waals surface area contributed by atoms with Crippen molar-refractivity contribution in [1.82, 2.24) is 14.8 Å². The summed E-state index contributed by atoms with van der Waals surface area (Å²) in [6.07, 6.45) is 0. The molecule has 0 aliphatic rings. The number of carbonyl (C=O) groups is 1. The lowest BCUT2D eigenvalue weighted by molar-refractivity contribution is 0.101. The van der Waals surface area contributed by atoms with Crippen LogP contribution in [0.15, 0.2) is 83.3 Å². The van der Waals surface area contributed by atoms with E-state index >= 15 is 0 Å². The van der Waals surface area contributed by atoms with E-state index < -0.39 is 0 Å². The zero-order valence-electron chi connectivity index (χ0n) is 15.1. The lowest BCUT2D eigenvalue weighted by Gasteiger charge is -2.08. The number of halogens is 1. The Labute approximate surface area is 171 Å². The van der Waals surface area contributed by atoms with Crippen LogP contribution in [-0.4, -0.2) is 20.7 Å². The lowest BCUT2D eigenvalue weighted by atomic mass is 10.2. The van der Waals surface area contributed by atoms with E-state index in [2.05, 4.69) is 31.3 Å². The molecular weight excluding hydrogens is 416 g/mol. The zero-order valence-corrected chi connectivity index (χ0v) is 16.7. The number of nitrogens with zero attached hydrogens (tertiary/aromatic N) is 3. The topological polar surface area (TPSA) is 59.8 Å². The van der Waals surface area contributed by atoms with Gasteiger partial charge >= 0.3 is 0 Å². The van der Waals surface area contributed by atoms with Crippen LogP contribution in [0.3, 0.4) is 0 Å². The highest BCUT2D eigenvalue weighted by molar-refractivity contribution is 9.10. The molecular formula is C22H17BrN4O. The third-order valence-electron chi connectivity index (χ3n) is 4.27. The largest absolute Gasteiger partial charge is 0.319 e. The van der Waals surface area contributed by atoms with Crippen LogP contribution in [-0.2, 0) is 0 Å². The molecule has 0 fully saturated rings. The maximum Gasteiger partial charge on any atom is 0.295 e. The summed E-state index contributed by atoms with van der Waals surface area (Å²) in [6, 6.07) is 25.0. The van der Waals surface area contributed by atoms with Crippen molar-refractivity contribution in [2.75, 3.05) is 5.32 Å². The summed E-state index contributed by atoms with van der Waals surface area (Å²) in [6.45, 7) is 2.01. The zero-order chi connectivity index (χ0) is 19.5. The highest BCUT2D eigenvalue weighted by Gasteiger charge is 2.19. The molecule has 28 heavy (non-hydrogen) atoms. The molecule has 0 radical (unpaired) electrons. The van der Waals surface area contributed by atoms with Gasteiger partial charge < -0.3 is 5.32 Å². The van der Waals surface area contributed by atoms with Gasteiger partial charge in [0.1, 0.15) is 0 Å². The van der Waals surface area contributed by atoms with E-state index in [1.807, 2.05) is 85.8 Å². The van der Waals surface area contributed by atoms with Crippen molar-refractivity contribution in [3.8, 4) is 17.1 Å². The van der Waals surface area contributed by atoms with Gasteiger partial charge in [0, 0.05) is 15.7 Å². The third-order valence-corrected chi connectivity index (χ3v) is 4.76. The number of hydrogen-bond acceptors (Lipinski definition) is 3. The monoisotopic (exact) mass is 432 g/mol. The first-order chi connectivity index (χ1) is 13.6. The van der Waals surface area contributed by atoms with E-state index in [9.17, 15) is 4.79 Å². The Hall–Kier alpha value is -3.25. The molecule has 4 rings (SSSR count). The van der Waals surface area contributed by atoms with Crippen molar-refractivity contribution in [3.63, 3.8) is 0 Å². The number of amides is 1. The summed E-state index contributed by atoms with van der Waals surface area (Å²) in [5.41, 5.74) is 3.49. The molecule has 0 saturated carbocycles. The Balaban J connectivity index is 1.77. The fourth-order valence-electron chi connectivity index (χ4n) is 2.90. The molecule has 3 aromatic carbocycles. The predicted molar refractivity (Wildman–Crippen MR) is 114 cm³/mol. The Morgan fingerprint density at radius 1 is 0.964 bits per heavy atom.